The Morgan fingerprint density at radius 2 is 1.80 bits per heavy atom. The predicted octanol–water partition coefficient (Wildman–Crippen LogP) is -0.856. The maximum Gasteiger partial charge on any atom is 0.374 e. The lowest BCUT2D eigenvalue weighted by molar-refractivity contribution is 0.0681. The van der Waals surface area contributed by atoms with Crippen LogP contribution >= 0.6 is 0 Å². The summed E-state index contributed by atoms with van der Waals surface area (Å²) in [7, 11) is 0. The Morgan fingerprint density at radius 1 is 1.07 bits per heavy atom. The summed E-state index contributed by atoms with van der Waals surface area (Å²) in [6.45, 7) is 0. The second-order valence-electron chi connectivity index (χ2n) is 2.50. The van der Waals surface area contributed by atoms with Crippen molar-refractivity contribution in [3.63, 3.8) is 0 Å². The van der Waals surface area contributed by atoms with E-state index in [1.54, 1.807) is 0 Å². The van der Waals surface area contributed by atoms with Gasteiger partial charge in [-0.25, -0.2) is 14.6 Å². The van der Waals surface area contributed by atoms with Crippen molar-refractivity contribution in [2.24, 2.45) is 0 Å². The summed E-state index contributed by atoms with van der Waals surface area (Å²) in [4.78, 5) is 28.1. The fraction of sp³-hybridized carbons (Fsp3) is 0. The molecule has 0 aliphatic rings. The van der Waals surface area contributed by atoms with Crippen molar-refractivity contribution in [1.82, 2.24) is 25.4 Å². The minimum absolute atomic E-state index is 0.0764. The third kappa shape index (κ3) is 1.35. The third-order valence-corrected chi connectivity index (χ3v) is 1.58. The lowest BCUT2D eigenvalue weighted by Crippen LogP contribution is -2.10. The summed E-state index contributed by atoms with van der Waals surface area (Å²) in [5.41, 5.74) is -0.668. The van der Waals surface area contributed by atoms with Crippen LogP contribution in [0, 0.1) is 0 Å². The molecule has 0 bridgehead atoms. The van der Waals surface area contributed by atoms with Crippen molar-refractivity contribution in [2.45, 2.75) is 0 Å². The highest BCUT2D eigenvalue weighted by atomic mass is 16.4. The fourth-order valence-corrected chi connectivity index (χ4v) is 0.991. The largest absolute Gasteiger partial charge is 0.476 e. The zero-order chi connectivity index (χ0) is 11.0. The average molecular weight is 209 g/mol. The molecule has 0 unspecified atom stereocenters. The fourth-order valence-electron chi connectivity index (χ4n) is 0.991. The number of carboxylic acid groups (broad SMARTS) is 2. The van der Waals surface area contributed by atoms with Gasteiger partial charge in [-0.05, 0) is 0 Å². The Hall–Kier alpha value is -2.58. The first-order valence-corrected chi connectivity index (χ1v) is 3.64. The van der Waals surface area contributed by atoms with Crippen molar-refractivity contribution < 1.29 is 19.8 Å². The topological polar surface area (TPSA) is 142 Å². The maximum absolute atomic E-state index is 10.7. The number of H-pyrrole nitrogens is 1. The van der Waals surface area contributed by atoms with Gasteiger partial charge in [-0.1, -0.05) is 0 Å². The Balaban J connectivity index is 2.80. The number of aromatic nitrogens is 5. The number of hydrogen-bond donors (Lipinski definition) is 3. The number of aromatic carboxylic acids is 2. The summed E-state index contributed by atoms with van der Waals surface area (Å²) >= 11 is 0. The molecule has 2 aromatic heterocycles. The van der Waals surface area contributed by atoms with Gasteiger partial charge in [0.25, 0.3) is 0 Å². The monoisotopic (exact) mass is 209 g/mol. The number of hydrogen-bond acceptors (Lipinski definition) is 6. The van der Waals surface area contributed by atoms with Gasteiger partial charge in [0.1, 0.15) is 0 Å². The molecule has 0 radical (unpaired) electrons. The van der Waals surface area contributed by atoms with Gasteiger partial charge >= 0.3 is 11.9 Å². The minimum atomic E-state index is -1.43. The standard InChI is InChI=1S/C6H3N5O4/c12-5(13)2-1-3(10-11-9-1)8-4(7-2)6(14)15/h(H,12,13)(H,14,15)(H,7,8,9,10,11). The first-order valence-electron chi connectivity index (χ1n) is 3.64. The van der Waals surface area contributed by atoms with Crippen LogP contribution in [0.3, 0.4) is 0 Å². The molecular weight excluding hydrogens is 206 g/mol. The van der Waals surface area contributed by atoms with Gasteiger partial charge in [-0.15, -0.1) is 5.10 Å². The first-order chi connectivity index (χ1) is 7.09. The Labute approximate surface area is 80.8 Å². The molecule has 0 spiro atoms. The summed E-state index contributed by atoms with van der Waals surface area (Å²) < 4.78 is 0. The molecule has 0 amide bonds. The van der Waals surface area contributed by atoms with Crippen molar-refractivity contribution in [3.8, 4) is 0 Å². The van der Waals surface area contributed by atoms with E-state index in [1.165, 1.54) is 0 Å². The average Bonchev–Trinajstić information content (AvgIpc) is 2.62. The molecule has 2 rings (SSSR count). The van der Waals surface area contributed by atoms with Gasteiger partial charge < -0.3 is 10.2 Å². The van der Waals surface area contributed by atoms with E-state index in [-0.39, 0.29) is 11.2 Å². The van der Waals surface area contributed by atoms with Gasteiger partial charge in [0.2, 0.25) is 11.5 Å². The smallest absolute Gasteiger partial charge is 0.374 e. The lowest BCUT2D eigenvalue weighted by atomic mass is 10.3. The molecule has 2 aromatic rings. The van der Waals surface area contributed by atoms with Crippen LogP contribution in [0.15, 0.2) is 0 Å². The van der Waals surface area contributed by atoms with Crippen LogP contribution in [0.25, 0.3) is 11.2 Å². The molecule has 76 valence electrons. The molecule has 0 aliphatic carbocycles. The van der Waals surface area contributed by atoms with E-state index in [1.807, 2.05) is 0 Å². The molecule has 9 nitrogen and oxygen atoms in total. The van der Waals surface area contributed by atoms with E-state index in [9.17, 15) is 9.59 Å². The normalized spacial score (nSPS) is 10.4. The van der Waals surface area contributed by atoms with E-state index in [0.29, 0.717) is 0 Å². The van der Waals surface area contributed by atoms with Gasteiger partial charge in [0.15, 0.2) is 11.2 Å². The number of carbonyl (C=O) groups is 2. The zero-order valence-electron chi connectivity index (χ0n) is 7.00. The molecule has 15 heavy (non-hydrogen) atoms. The van der Waals surface area contributed by atoms with Crippen LogP contribution in [0.5, 0.6) is 0 Å². The van der Waals surface area contributed by atoms with Gasteiger partial charge in [0.05, 0.1) is 0 Å². The molecule has 9 heteroatoms. The molecule has 0 aromatic carbocycles. The highest BCUT2D eigenvalue weighted by Crippen LogP contribution is 2.10. The summed E-state index contributed by atoms with van der Waals surface area (Å²) in [5, 5.41) is 26.5. The van der Waals surface area contributed by atoms with Crippen molar-refractivity contribution >= 4 is 23.1 Å². The van der Waals surface area contributed by atoms with Crippen LogP contribution in [0.4, 0.5) is 0 Å². The molecule has 0 fully saturated rings. The lowest BCUT2D eigenvalue weighted by Gasteiger charge is -1.95. The highest BCUT2D eigenvalue weighted by molar-refractivity contribution is 5.99. The summed E-state index contributed by atoms with van der Waals surface area (Å²) in [6, 6.07) is 0. The van der Waals surface area contributed by atoms with Crippen molar-refractivity contribution in [3.05, 3.63) is 11.5 Å². The van der Waals surface area contributed by atoms with Crippen molar-refractivity contribution in [1.29, 1.82) is 0 Å². The summed E-state index contributed by atoms with van der Waals surface area (Å²) in [5.74, 6) is -3.45. The van der Waals surface area contributed by atoms with Crippen LogP contribution in [0.2, 0.25) is 0 Å². The van der Waals surface area contributed by atoms with Crippen LogP contribution in [0.1, 0.15) is 21.1 Å². The molecule has 0 saturated carbocycles. The van der Waals surface area contributed by atoms with E-state index < -0.39 is 23.5 Å². The Morgan fingerprint density at radius 3 is 2.40 bits per heavy atom. The molecule has 0 atom stereocenters. The van der Waals surface area contributed by atoms with Gasteiger partial charge in [-0.3, -0.25) is 0 Å². The Kier molecular flexibility index (Phi) is 1.78. The minimum Gasteiger partial charge on any atom is -0.476 e. The SMILES string of the molecule is O=C(O)c1nc(C(=O)O)c2n[nH]nc2n1. The predicted molar refractivity (Wildman–Crippen MR) is 43.4 cm³/mol. The number of fused-ring (bicyclic) bond motifs is 1. The summed E-state index contributed by atoms with van der Waals surface area (Å²) in [6.07, 6.45) is 0. The van der Waals surface area contributed by atoms with Crippen LogP contribution in [-0.2, 0) is 0 Å². The molecule has 0 saturated heterocycles. The van der Waals surface area contributed by atoms with Crippen LogP contribution in [-0.4, -0.2) is 47.5 Å². The number of rotatable bonds is 2. The molecule has 3 N–H and O–H groups in total. The molecule has 2 heterocycles. The quantitative estimate of drug-likeness (QED) is 0.580. The number of aromatic amines is 1. The molecule has 0 aliphatic heterocycles. The van der Waals surface area contributed by atoms with Crippen LogP contribution < -0.4 is 0 Å². The second kappa shape index (κ2) is 2.97. The Bertz CT molecular complexity index is 562. The zero-order valence-corrected chi connectivity index (χ0v) is 7.00. The molecular formula is C6H3N5O4. The van der Waals surface area contributed by atoms with E-state index in [2.05, 4.69) is 25.4 Å². The van der Waals surface area contributed by atoms with E-state index >= 15 is 0 Å². The maximum atomic E-state index is 10.7. The highest BCUT2D eigenvalue weighted by Gasteiger charge is 2.19. The third-order valence-electron chi connectivity index (χ3n) is 1.58. The van der Waals surface area contributed by atoms with E-state index in [4.69, 9.17) is 10.2 Å². The van der Waals surface area contributed by atoms with E-state index in [0.717, 1.165) is 0 Å². The first kappa shape index (κ1) is 8.99. The van der Waals surface area contributed by atoms with Gasteiger partial charge in [-0.2, -0.15) is 15.3 Å². The van der Waals surface area contributed by atoms with Crippen molar-refractivity contribution in [2.75, 3.05) is 0 Å². The van der Waals surface area contributed by atoms with Gasteiger partial charge in [0, 0.05) is 0 Å². The number of nitrogens with one attached hydrogen (secondary N) is 1. The second-order valence-corrected chi connectivity index (χ2v) is 2.50. The number of nitrogens with zero attached hydrogens (tertiary/aromatic N) is 4. The number of carboxylic acids is 2.